The summed E-state index contributed by atoms with van der Waals surface area (Å²) in [6, 6.07) is 25.0. The second-order valence-corrected chi connectivity index (χ2v) is 7.46. The van der Waals surface area contributed by atoms with E-state index in [-0.39, 0.29) is 11.3 Å². The molecular weight excluding hydrogens is 402 g/mol. The van der Waals surface area contributed by atoms with Crippen LogP contribution >= 0.6 is 0 Å². The molecule has 0 saturated heterocycles. The van der Waals surface area contributed by atoms with Crippen molar-refractivity contribution in [1.82, 2.24) is 4.98 Å². The van der Waals surface area contributed by atoms with Crippen LogP contribution in [0.2, 0.25) is 0 Å². The van der Waals surface area contributed by atoms with Crippen LogP contribution in [0.5, 0.6) is 11.5 Å². The Kier molecular flexibility index (Phi) is 4.79. The third-order valence-electron chi connectivity index (χ3n) is 5.75. The van der Waals surface area contributed by atoms with E-state index >= 15 is 0 Å². The smallest absolute Gasteiger partial charge is 0.342 e. The van der Waals surface area contributed by atoms with E-state index in [1.807, 2.05) is 78.9 Å². The van der Waals surface area contributed by atoms with E-state index in [0.717, 1.165) is 33.1 Å². The van der Waals surface area contributed by atoms with Crippen LogP contribution in [-0.4, -0.2) is 30.3 Å². The second kappa shape index (κ2) is 7.78. The molecule has 0 radical (unpaired) electrons. The fourth-order valence-electron chi connectivity index (χ4n) is 4.37. The molecule has 1 heterocycles. The van der Waals surface area contributed by atoms with Gasteiger partial charge in [0.05, 0.1) is 25.3 Å². The number of carbonyl (C=O) groups excluding carboxylic acids is 1. The van der Waals surface area contributed by atoms with Crippen LogP contribution in [0.4, 0.5) is 0 Å². The number of H-pyrrole nitrogens is 1. The summed E-state index contributed by atoms with van der Waals surface area (Å²) in [5.74, 6) is -0.0691. The lowest BCUT2D eigenvalue weighted by Gasteiger charge is -2.17. The molecule has 5 nitrogen and oxygen atoms in total. The zero-order valence-electron chi connectivity index (χ0n) is 17.7. The fraction of sp³-hybridized carbons (Fsp3) is 0.0741. The van der Waals surface area contributed by atoms with Crippen molar-refractivity contribution < 1.29 is 19.4 Å². The number of aromatic amines is 1. The van der Waals surface area contributed by atoms with Gasteiger partial charge in [-0.15, -0.1) is 0 Å². The van der Waals surface area contributed by atoms with E-state index in [2.05, 4.69) is 4.98 Å². The fourth-order valence-corrected chi connectivity index (χ4v) is 4.37. The maximum Gasteiger partial charge on any atom is 0.342 e. The Balaban J connectivity index is 2.07. The molecule has 5 heteroatoms. The summed E-state index contributed by atoms with van der Waals surface area (Å²) in [5.41, 5.74) is 4.67. The molecule has 0 spiro atoms. The van der Waals surface area contributed by atoms with E-state index in [1.54, 1.807) is 7.11 Å². The Bertz CT molecular complexity index is 1450. The topological polar surface area (TPSA) is 71.5 Å². The quantitative estimate of drug-likeness (QED) is 0.340. The van der Waals surface area contributed by atoms with Crippen molar-refractivity contribution in [2.45, 2.75) is 0 Å². The molecule has 0 atom stereocenters. The summed E-state index contributed by atoms with van der Waals surface area (Å²) in [7, 11) is 2.92. The molecule has 0 bridgehead atoms. The van der Waals surface area contributed by atoms with Crippen LogP contribution in [0.25, 0.3) is 44.1 Å². The average Bonchev–Trinajstić information content (AvgIpc) is 3.23. The second-order valence-electron chi connectivity index (χ2n) is 7.46. The average molecular weight is 423 g/mol. The molecule has 4 aromatic carbocycles. The number of carbonyl (C=O) groups is 1. The molecule has 0 aliphatic rings. The molecule has 5 aromatic rings. The van der Waals surface area contributed by atoms with Gasteiger partial charge in [-0.1, -0.05) is 72.8 Å². The molecule has 0 aliphatic carbocycles. The van der Waals surface area contributed by atoms with Crippen LogP contribution in [0, 0.1) is 0 Å². The van der Waals surface area contributed by atoms with Gasteiger partial charge in [-0.3, -0.25) is 0 Å². The minimum Gasteiger partial charge on any atom is -0.506 e. The van der Waals surface area contributed by atoms with Gasteiger partial charge in [0.1, 0.15) is 17.1 Å². The zero-order valence-corrected chi connectivity index (χ0v) is 17.7. The standard InChI is InChI=1S/C27H21NO4/c1-31-19-15-9-14-18-22-23(27(30)32-2)26(29)21(17-12-7-4-8-13-17)20(25(22)28-24(18)19)16-10-5-3-6-11-16/h3-15,28-29H,1-2H3. The number of phenols is 1. The van der Waals surface area contributed by atoms with Gasteiger partial charge in [0.2, 0.25) is 0 Å². The van der Waals surface area contributed by atoms with Gasteiger partial charge in [-0.25, -0.2) is 4.79 Å². The van der Waals surface area contributed by atoms with Crippen LogP contribution in [0.1, 0.15) is 10.4 Å². The monoisotopic (exact) mass is 423 g/mol. The first kappa shape index (κ1) is 19.7. The number of methoxy groups -OCH3 is 2. The summed E-state index contributed by atoms with van der Waals surface area (Å²) in [6.07, 6.45) is 0. The van der Waals surface area contributed by atoms with Gasteiger partial charge in [-0.05, 0) is 17.2 Å². The zero-order chi connectivity index (χ0) is 22.2. The third kappa shape index (κ3) is 2.90. The minimum atomic E-state index is -0.604. The van der Waals surface area contributed by atoms with E-state index < -0.39 is 5.97 Å². The summed E-state index contributed by atoms with van der Waals surface area (Å²) in [4.78, 5) is 16.4. The Morgan fingerprint density at radius 2 is 1.41 bits per heavy atom. The first-order valence-electron chi connectivity index (χ1n) is 10.2. The van der Waals surface area contributed by atoms with Gasteiger partial charge >= 0.3 is 5.97 Å². The Morgan fingerprint density at radius 1 is 0.781 bits per heavy atom. The van der Waals surface area contributed by atoms with Crippen LogP contribution in [-0.2, 0) is 4.74 Å². The molecule has 0 aliphatic heterocycles. The Labute approximate surface area is 184 Å². The van der Waals surface area contributed by atoms with Crippen molar-refractivity contribution in [2.24, 2.45) is 0 Å². The van der Waals surface area contributed by atoms with E-state index in [9.17, 15) is 9.90 Å². The number of hydrogen-bond acceptors (Lipinski definition) is 4. The SMILES string of the molecule is COC(=O)c1c(O)c(-c2ccccc2)c(-c2ccccc2)c2[nH]c3c(OC)cccc3c12. The number of nitrogens with one attached hydrogen (secondary N) is 1. The lowest BCUT2D eigenvalue weighted by molar-refractivity contribution is 0.0600. The van der Waals surface area contributed by atoms with Crippen molar-refractivity contribution in [3.05, 3.63) is 84.4 Å². The van der Waals surface area contributed by atoms with Crippen molar-refractivity contribution in [2.75, 3.05) is 14.2 Å². The van der Waals surface area contributed by atoms with E-state index in [1.165, 1.54) is 7.11 Å². The lowest BCUT2D eigenvalue weighted by atomic mass is 9.88. The molecule has 1 aromatic heterocycles. The molecule has 5 rings (SSSR count). The Hall–Kier alpha value is -4.25. The highest BCUT2D eigenvalue weighted by molar-refractivity contribution is 6.24. The summed E-state index contributed by atoms with van der Waals surface area (Å²) >= 11 is 0. The number of esters is 1. The molecule has 2 N–H and O–H groups in total. The van der Waals surface area contributed by atoms with Gasteiger partial charge < -0.3 is 19.6 Å². The van der Waals surface area contributed by atoms with Crippen molar-refractivity contribution in [1.29, 1.82) is 0 Å². The first-order valence-corrected chi connectivity index (χ1v) is 10.2. The van der Waals surface area contributed by atoms with Gasteiger partial charge in [0.15, 0.2) is 0 Å². The van der Waals surface area contributed by atoms with Gasteiger partial charge in [0.25, 0.3) is 0 Å². The van der Waals surface area contributed by atoms with Crippen LogP contribution < -0.4 is 4.74 Å². The molecule has 32 heavy (non-hydrogen) atoms. The number of para-hydroxylation sites is 1. The lowest BCUT2D eigenvalue weighted by Crippen LogP contribution is -2.04. The normalized spacial score (nSPS) is 11.1. The Morgan fingerprint density at radius 3 is 2.00 bits per heavy atom. The predicted molar refractivity (Wildman–Crippen MR) is 126 cm³/mol. The number of rotatable bonds is 4. The molecule has 0 fully saturated rings. The van der Waals surface area contributed by atoms with E-state index in [0.29, 0.717) is 16.7 Å². The number of phenolic OH excluding ortho intramolecular Hbond substituents is 1. The molecule has 158 valence electrons. The number of aromatic nitrogens is 1. The third-order valence-corrected chi connectivity index (χ3v) is 5.75. The summed E-state index contributed by atoms with van der Waals surface area (Å²) in [5, 5.41) is 12.9. The predicted octanol–water partition coefficient (Wildman–Crippen LogP) is 6.16. The number of ether oxygens (including phenoxy) is 2. The van der Waals surface area contributed by atoms with Gasteiger partial charge in [-0.2, -0.15) is 0 Å². The molecular formula is C27H21NO4. The molecule has 0 amide bonds. The highest BCUT2D eigenvalue weighted by Crippen LogP contribution is 2.49. The maximum atomic E-state index is 12.9. The summed E-state index contributed by atoms with van der Waals surface area (Å²) < 4.78 is 10.7. The van der Waals surface area contributed by atoms with Crippen LogP contribution in [0.3, 0.4) is 0 Å². The van der Waals surface area contributed by atoms with Crippen molar-refractivity contribution in [3.8, 4) is 33.8 Å². The highest BCUT2D eigenvalue weighted by atomic mass is 16.5. The largest absolute Gasteiger partial charge is 0.506 e. The highest BCUT2D eigenvalue weighted by Gasteiger charge is 2.28. The van der Waals surface area contributed by atoms with Crippen molar-refractivity contribution in [3.63, 3.8) is 0 Å². The molecule has 0 unspecified atom stereocenters. The minimum absolute atomic E-state index is 0.113. The number of hydrogen-bond donors (Lipinski definition) is 2. The maximum absolute atomic E-state index is 12.9. The van der Waals surface area contributed by atoms with Crippen LogP contribution in [0.15, 0.2) is 78.9 Å². The van der Waals surface area contributed by atoms with Crippen molar-refractivity contribution >= 4 is 27.8 Å². The van der Waals surface area contributed by atoms with Gasteiger partial charge in [0, 0.05) is 21.9 Å². The number of benzene rings is 4. The summed E-state index contributed by atoms with van der Waals surface area (Å²) in [6.45, 7) is 0. The number of aromatic hydroxyl groups is 1. The molecule has 0 saturated carbocycles. The number of fused-ring (bicyclic) bond motifs is 3. The van der Waals surface area contributed by atoms with E-state index in [4.69, 9.17) is 9.47 Å². The first-order chi connectivity index (χ1) is 15.7.